The Hall–Kier alpha value is -10.6. The number of carboxylic acid groups (broad SMARTS) is 2. The Kier molecular flexibility index (Phi) is 13.9. The van der Waals surface area contributed by atoms with Crippen molar-refractivity contribution in [2.24, 2.45) is 20.5 Å². The lowest BCUT2D eigenvalue weighted by atomic mass is 10.0. The summed E-state index contributed by atoms with van der Waals surface area (Å²) in [6.45, 7) is 1.32. The van der Waals surface area contributed by atoms with Gasteiger partial charge in [0.25, 0.3) is 0 Å². The molecule has 0 aliphatic rings. The van der Waals surface area contributed by atoms with Crippen LogP contribution in [-0.2, 0) is 26.2 Å². The summed E-state index contributed by atoms with van der Waals surface area (Å²) in [4.78, 5) is 47.6. The second-order valence-electron chi connectivity index (χ2n) is 17.6. The molecule has 76 heavy (non-hydrogen) atoms. The molecule has 10 aromatic rings. The molecule has 0 spiro atoms. The number of azo groups is 2. The normalized spacial score (nSPS) is 11.4. The molecule has 18 heteroatoms. The summed E-state index contributed by atoms with van der Waals surface area (Å²) < 4.78 is 0. The van der Waals surface area contributed by atoms with E-state index < -0.39 is 23.4 Å². The van der Waals surface area contributed by atoms with Gasteiger partial charge in [-0.05, 0) is 108 Å². The molecule has 0 saturated heterocycles. The van der Waals surface area contributed by atoms with Gasteiger partial charge in [-0.25, -0.2) is 9.59 Å². The molecule has 0 aliphatic carbocycles. The predicted octanol–water partition coefficient (Wildman–Crippen LogP) is 12.5. The van der Waals surface area contributed by atoms with Crippen molar-refractivity contribution in [3.05, 3.63) is 216 Å². The van der Waals surface area contributed by atoms with E-state index in [-0.39, 0.29) is 22.5 Å². The fourth-order valence-corrected chi connectivity index (χ4v) is 8.90. The number of nitrogens with zero attached hydrogens (tertiary/aromatic N) is 10. The smallest absolute Gasteiger partial charge is 0.340 e. The Labute approximate surface area is 434 Å². The number of phenols is 2. The van der Waals surface area contributed by atoms with E-state index in [2.05, 4.69) is 30.4 Å². The van der Waals surface area contributed by atoms with Gasteiger partial charge in [-0.2, -0.15) is 5.11 Å². The lowest BCUT2D eigenvalue weighted by Crippen LogP contribution is -2.24. The molecule has 0 radical (unpaired) electrons. The number of aromatic carboxylic acids is 2. The highest BCUT2D eigenvalue weighted by atomic mass is 16.4. The zero-order valence-electron chi connectivity index (χ0n) is 40.4. The second kappa shape index (κ2) is 21.6. The monoisotopic (exact) mass is 1010 g/mol. The Morgan fingerprint density at radius 2 is 1.00 bits per heavy atom. The van der Waals surface area contributed by atoms with Crippen LogP contribution in [0.5, 0.6) is 11.5 Å². The zero-order valence-corrected chi connectivity index (χ0v) is 40.4. The first-order valence-corrected chi connectivity index (χ1v) is 23.7. The van der Waals surface area contributed by atoms with Gasteiger partial charge >= 0.3 is 11.9 Å². The number of aromatic nitrogens is 4. The molecule has 0 atom stereocenters. The lowest BCUT2D eigenvalue weighted by molar-refractivity contribution is 0.0684. The number of nitrogen functional groups attached to an aromatic ring is 2. The molecule has 0 bridgehead atoms. The third-order valence-electron chi connectivity index (χ3n) is 12.4. The van der Waals surface area contributed by atoms with Crippen molar-refractivity contribution in [3.63, 3.8) is 0 Å². The number of benzene rings is 6. The molecule has 0 unspecified atom stereocenters. The summed E-state index contributed by atoms with van der Waals surface area (Å²) >= 11 is 0. The van der Waals surface area contributed by atoms with Crippen molar-refractivity contribution in [1.82, 2.24) is 19.9 Å². The highest BCUT2D eigenvalue weighted by molar-refractivity contribution is 6.09. The third-order valence-corrected chi connectivity index (χ3v) is 12.4. The standard InChI is InChI=1S/C58H46N12O6/c59-38-18-20-52(48(29-38)66-68-50-28-36-11-2-4-16-45(36)54(56(50)72)58(75)76)70(32-41-13-6-8-24-62-41)33-42-14-9-17-47(64-42)37-22-25-63-43(26-37)34-69(31-40-12-5-7-23-61-40)51-21-19-39(30-46(51)60)65-67-49-27-35-10-1-3-15-44(35)53(55(49)71)57(73)74/h1-30,71-72H,31-34,59-60H2,(H,73,74)(H,75,76). The molecule has 4 aromatic heterocycles. The lowest BCUT2D eigenvalue weighted by Gasteiger charge is -2.26. The first-order valence-electron chi connectivity index (χ1n) is 23.7. The number of hydrogen-bond acceptors (Lipinski definition) is 16. The maximum atomic E-state index is 12.3. The van der Waals surface area contributed by atoms with Crippen molar-refractivity contribution in [1.29, 1.82) is 0 Å². The highest BCUT2D eigenvalue weighted by Crippen LogP contribution is 2.41. The highest BCUT2D eigenvalue weighted by Gasteiger charge is 2.22. The van der Waals surface area contributed by atoms with Crippen molar-refractivity contribution < 1.29 is 30.0 Å². The minimum atomic E-state index is -1.30. The van der Waals surface area contributed by atoms with E-state index in [0.717, 1.165) is 17.0 Å². The average Bonchev–Trinajstić information content (AvgIpc) is 3.43. The summed E-state index contributed by atoms with van der Waals surface area (Å²) in [5.74, 6) is -3.58. The van der Waals surface area contributed by atoms with E-state index >= 15 is 0 Å². The zero-order chi connectivity index (χ0) is 52.7. The Balaban J connectivity index is 0.933. The van der Waals surface area contributed by atoms with Gasteiger partial charge in [-0.15, -0.1) is 15.3 Å². The molecule has 0 fully saturated rings. The maximum absolute atomic E-state index is 12.3. The van der Waals surface area contributed by atoms with E-state index in [1.54, 1.807) is 104 Å². The van der Waals surface area contributed by atoms with Crippen LogP contribution in [0.4, 0.5) is 45.5 Å². The fraction of sp³-hybridized carbons (Fsp3) is 0.0690. The molecule has 0 saturated carbocycles. The first-order chi connectivity index (χ1) is 36.9. The van der Waals surface area contributed by atoms with Gasteiger partial charge < -0.3 is 41.7 Å². The van der Waals surface area contributed by atoms with Crippen molar-refractivity contribution in [3.8, 4) is 22.8 Å². The summed E-state index contributed by atoms with van der Waals surface area (Å²) in [5, 5.41) is 61.4. The van der Waals surface area contributed by atoms with Crippen molar-refractivity contribution in [2.75, 3.05) is 21.3 Å². The number of pyridine rings is 4. The number of hydrogen-bond donors (Lipinski definition) is 6. The number of carbonyl (C=O) groups is 2. The van der Waals surface area contributed by atoms with Crippen LogP contribution in [0.3, 0.4) is 0 Å². The number of rotatable bonds is 17. The Bertz CT molecular complexity index is 3880. The topological polar surface area (TPSA) is 275 Å². The largest absolute Gasteiger partial charge is 0.505 e. The van der Waals surface area contributed by atoms with E-state index in [1.807, 2.05) is 88.7 Å². The first kappa shape index (κ1) is 49.0. The van der Waals surface area contributed by atoms with Gasteiger partial charge in [0.05, 0.1) is 77.4 Å². The van der Waals surface area contributed by atoms with Crippen LogP contribution in [0, 0.1) is 0 Å². The maximum Gasteiger partial charge on any atom is 0.340 e. The summed E-state index contributed by atoms with van der Waals surface area (Å²) in [6.07, 6.45) is 5.17. The van der Waals surface area contributed by atoms with Crippen LogP contribution in [0.2, 0.25) is 0 Å². The molecule has 6 aromatic carbocycles. The molecule has 8 N–H and O–H groups in total. The van der Waals surface area contributed by atoms with E-state index in [4.69, 9.17) is 21.4 Å². The SMILES string of the molecule is Nc1ccc(N(Cc2ccccn2)Cc2cccc(-c3ccnc(CN(Cc4ccccn4)c4ccc(N=Nc5cc6ccccc6c(C(=O)O)c5O)cc4N)c3)n2)c(N=Nc2cc3ccccc3c(C(=O)O)c2O)c1. The number of anilines is 4. The van der Waals surface area contributed by atoms with Crippen LogP contribution >= 0.6 is 0 Å². The van der Waals surface area contributed by atoms with Crippen LogP contribution in [0.25, 0.3) is 32.8 Å². The Morgan fingerprint density at radius 3 is 1.61 bits per heavy atom. The number of aromatic hydroxyl groups is 2. The summed E-state index contributed by atoms with van der Waals surface area (Å²) in [5.41, 5.74) is 19.8. The van der Waals surface area contributed by atoms with Crippen LogP contribution in [0.15, 0.2) is 203 Å². The molecular formula is C58H46N12O6. The minimum Gasteiger partial charge on any atom is -0.505 e. The van der Waals surface area contributed by atoms with Crippen LogP contribution in [0.1, 0.15) is 43.5 Å². The van der Waals surface area contributed by atoms with Crippen molar-refractivity contribution in [2.45, 2.75) is 26.2 Å². The Morgan fingerprint density at radius 1 is 0.474 bits per heavy atom. The molecule has 18 nitrogen and oxygen atoms in total. The molecule has 10 rings (SSSR count). The van der Waals surface area contributed by atoms with E-state index in [1.165, 1.54) is 0 Å². The van der Waals surface area contributed by atoms with Gasteiger partial charge in [0.1, 0.15) is 28.2 Å². The fourth-order valence-electron chi connectivity index (χ4n) is 8.90. The molecule has 0 amide bonds. The van der Waals surface area contributed by atoms with Gasteiger partial charge in [0, 0.05) is 40.6 Å². The van der Waals surface area contributed by atoms with E-state index in [0.29, 0.717) is 98.9 Å². The quantitative estimate of drug-likeness (QED) is 0.0366. The van der Waals surface area contributed by atoms with Crippen molar-refractivity contribution >= 4 is 79.0 Å². The van der Waals surface area contributed by atoms with Gasteiger partial charge in [-0.3, -0.25) is 19.9 Å². The number of nitrogens with two attached hydrogens (primary N) is 2. The van der Waals surface area contributed by atoms with Crippen LogP contribution in [-0.4, -0.2) is 52.3 Å². The number of carboxylic acids is 2. The summed E-state index contributed by atoms with van der Waals surface area (Å²) in [7, 11) is 0. The van der Waals surface area contributed by atoms with Gasteiger partial charge in [-0.1, -0.05) is 66.7 Å². The number of fused-ring (bicyclic) bond motifs is 2. The average molecular weight is 1010 g/mol. The van der Waals surface area contributed by atoms with Gasteiger partial charge in [0.2, 0.25) is 0 Å². The third kappa shape index (κ3) is 10.8. The van der Waals surface area contributed by atoms with Crippen LogP contribution < -0.4 is 21.3 Å². The minimum absolute atomic E-state index is 0.00197. The summed E-state index contributed by atoms with van der Waals surface area (Å²) in [6, 6.07) is 48.3. The molecular weight excluding hydrogens is 961 g/mol. The van der Waals surface area contributed by atoms with Gasteiger partial charge in [0.15, 0.2) is 11.5 Å². The molecule has 0 aliphatic heterocycles. The second-order valence-corrected chi connectivity index (χ2v) is 17.6. The van der Waals surface area contributed by atoms with E-state index in [9.17, 15) is 30.0 Å². The predicted molar refractivity (Wildman–Crippen MR) is 291 cm³/mol. The molecule has 374 valence electrons. The molecule has 4 heterocycles.